The maximum absolute atomic E-state index is 14.9. The fraction of sp³-hybridized carbons (Fsp3) is 0.500. The molecule has 1 aliphatic heterocycles. The molecule has 1 aromatic heterocycles. The van der Waals surface area contributed by atoms with Crippen LogP contribution in [0.3, 0.4) is 0 Å². The molecule has 0 radical (unpaired) electrons. The molecule has 0 saturated carbocycles. The molecule has 1 fully saturated rings. The largest absolute Gasteiger partial charge is 0.462 e. The molecule has 1 saturated heterocycles. The molecule has 7 heteroatoms. The number of benzene rings is 1. The SMILES string of the molecule is CCOC(=O)c1cn(CC)c2cc(C3(C)OC(C)C(C)O3)c(F)cc2c1=O. The average Bonchev–Trinajstić information content (AvgIpc) is 2.88. The van der Waals surface area contributed by atoms with Crippen molar-refractivity contribution in [3.8, 4) is 0 Å². The molecule has 2 heterocycles. The molecule has 2 aromatic rings. The van der Waals surface area contributed by atoms with Gasteiger partial charge in [0, 0.05) is 23.7 Å². The minimum Gasteiger partial charge on any atom is -0.462 e. The molecule has 2 unspecified atom stereocenters. The molecule has 146 valence electrons. The highest BCUT2D eigenvalue weighted by Gasteiger charge is 2.43. The van der Waals surface area contributed by atoms with Crippen LogP contribution in [0.4, 0.5) is 4.39 Å². The Morgan fingerprint density at radius 1 is 1.26 bits per heavy atom. The van der Waals surface area contributed by atoms with Gasteiger partial charge in [0.1, 0.15) is 11.4 Å². The molecule has 0 bridgehead atoms. The van der Waals surface area contributed by atoms with Crippen LogP contribution in [0.2, 0.25) is 0 Å². The lowest BCUT2D eigenvalue weighted by atomic mass is 10.0. The molecular weight excluding hydrogens is 353 g/mol. The van der Waals surface area contributed by atoms with E-state index in [1.807, 2.05) is 20.8 Å². The summed E-state index contributed by atoms with van der Waals surface area (Å²) in [6.45, 7) is 9.56. The molecule has 0 aliphatic carbocycles. The van der Waals surface area contributed by atoms with E-state index in [0.717, 1.165) is 6.07 Å². The zero-order valence-corrected chi connectivity index (χ0v) is 16.2. The van der Waals surface area contributed by atoms with E-state index in [1.165, 1.54) is 6.20 Å². The van der Waals surface area contributed by atoms with Crippen molar-refractivity contribution < 1.29 is 23.4 Å². The van der Waals surface area contributed by atoms with Crippen molar-refractivity contribution in [3.05, 3.63) is 45.5 Å². The summed E-state index contributed by atoms with van der Waals surface area (Å²) < 4.78 is 33.3. The summed E-state index contributed by atoms with van der Waals surface area (Å²) in [6.07, 6.45) is 1.07. The molecule has 0 spiro atoms. The van der Waals surface area contributed by atoms with Crippen LogP contribution in [0.1, 0.15) is 50.5 Å². The Kier molecular flexibility index (Phi) is 5.10. The van der Waals surface area contributed by atoms with Crippen molar-refractivity contribution in [1.29, 1.82) is 0 Å². The van der Waals surface area contributed by atoms with Crippen LogP contribution in [0.5, 0.6) is 0 Å². The summed E-state index contributed by atoms with van der Waals surface area (Å²) in [6, 6.07) is 2.71. The quantitative estimate of drug-likeness (QED) is 0.765. The number of rotatable bonds is 4. The number of pyridine rings is 1. The topological polar surface area (TPSA) is 66.8 Å². The van der Waals surface area contributed by atoms with Crippen molar-refractivity contribution >= 4 is 16.9 Å². The number of carbonyl (C=O) groups is 1. The smallest absolute Gasteiger partial charge is 0.343 e. The predicted octanol–water partition coefficient (Wildman–Crippen LogP) is 3.33. The van der Waals surface area contributed by atoms with Gasteiger partial charge in [-0.05, 0) is 46.8 Å². The lowest BCUT2D eigenvalue weighted by molar-refractivity contribution is -0.168. The normalized spacial score (nSPS) is 25.1. The number of nitrogens with zero attached hydrogens (tertiary/aromatic N) is 1. The third-order valence-electron chi connectivity index (χ3n) is 4.98. The van der Waals surface area contributed by atoms with E-state index in [4.69, 9.17) is 14.2 Å². The van der Waals surface area contributed by atoms with Gasteiger partial charge in [-0.3, -0.25) is 4.79 Å². The molecule has 27 heavy (non-hydrogen) atoms. The van der Waals surface area contributed by atoms with Crippen molar-refractivity contribution in [3.63, 3.8) is 0 Å². The second-order valence-corrected chi connectivity index (χ2v) is 6.82. The zero-order chi connectivity index (χ0) is 19.9. The summed E-state index contributed by atoms with van der Waals surface area (Å²) >= 11 is 0. The minimum absolute atomic E-state index is 0.111. The number of hydrogen-bond acceptors (Lipinski definition) is 5. The van der Waals surface area contributed by atoms with Gasteiger partial charge in [0.25, 0.3) is 0 Å². The van der Waals surface area contributed by atoms with Crippen LogP contribution >= 0.6 is 0 Å². The average molecular weight is 377 g/mol. The monoisotopic (exact) mass is 377 g/mol. The zero-order valence-electron chi connectivity index (χ0n) is 16.2. The molecule has 6 nitrogen and oxygen atoms in total. The highest BCUT2D eigenvalue weighted by Crippen LogP contribution is 2.39. The Balaban J connectivity index is 2.23. The maximum Gasteiger partial charge on any atom is 0.343 e. The first-order valence-corrected chi connectivity index (χ1v) is 9.11. The van der Waals surface area contributed by atoms with E-state index < -0.39 is 23.0 Å². The Morgan fingerprint density at radius 3 is 2.44 bits per heavy atom. The Bertz CT molecular complexity index is 942. The molecule has 1 aliphatic rings. The number of fused-ring (bicyclic) bond motifs is 1. The molecule has 1 aromatic carbocycles. The van der Waals surface area contributed by atoms with Gasteiger partial charge < -0.3 is 18.8 Å². The Hall–Kier alpha value is -2.25. The fourth-order valence-electron chi connectivity index (χ4n) is 3.43. The summed E-state index contributed by atoms with van der Waals surface area (Å²) in [5, 5.41) is 0.117. The van der Waals surface area contributed by atoms with Crippen LogP contribution in [0.25, 0.3) is 10.9 Å². The summed E-state index contributed by atoms with van der Waals surface area (Å²) in [4.78, 5) is 24.8. The molecule has 0 N–H and O–H groups in total. The molecule has 2 atom stereocenters. The second kappa shape index (κ2) is 7.05. The number of ether oxygens (including phenoxy) is 3. The van der Waals surface area contributed by atoms with E-state index in [-0.39, 0.29) is 35.3 Å². The van der Waals surface area contributed by atoms with E-state index >= 15 is 0 Å². The van der Waals surface area contributed by atoms with E-state index in [1.54, 1.807) is 24.5 Å². The first-order valence-electron chi connectivity index (χ1n) is 9.11. The van der Waals surface area contributed by atoms with Gasteiger partial charge in [0.15, 0.2) is 5.79 Å². The third kappa shape index (κ3) is 3.26. The van der Waals surface area contributed by atoms with Gasteiger partial charge in [-0.1, -0.05) is 0 Å². The Labute approximate surface area is 156 Å². The van der Waals surface area contributed by atoms with E-state index in [2.05, 4.69) is 0 Å². The van der Waals surface area contributed by atoms with Gasteiger partial charge >= 0.3 is 5.97 Å². The highest BCUT2D eigenvalue weighted by atomic mass is 19.1. The van der Waals surface area contributed by atoms with Crippen molar-refractivity contribution in [2.24, 2.45) is 0 Å². The molecular formula is C20H24FNO5. The molecule has 3 rings (SSSR count). The van der Waals surface area contributed by atoms with Crippen LogP contribution in [0, 0.1) is 5.82 Å². The first kappa shape index (κ1) is 19.5. The van der Waals surface area contributed by atoms with Gasteiger partial charge in [-0.15, -0.1) is 0 Å². The lowest BCUT2D eigenvalue weighted by Gasteiger charge is -2.25. The van der Waals surface area contributed by atoms with Crippen molar-refractivity contribution in [2.45, 2.75) is 59.2 Å². The second-order valence-electron chi connectivity index (χ2n) is 6.82. The highest BCUT2D eigenvalue weighted by molar-refractivity contribution is 5.94. The fourth-order valence-corrected chi connectivity index (χ4v) is 3.43. The van der Waals surface area contributed by atoms with Gasteiger partial charge in [-0.25, -0.2) is 9.18 Å². The standard InChI is InChI=1S/C20H24FNO5/c1-6-22-10-14(19(24)25-7-2)18(23)13-8-16(21)15(9-17(13)22)20(5)26-11(3)12(4)27-20/h8-12H,6-7H2,1-5H3. The van der Waals surface area contributed by atoms with E-state index in [0.29, 0.717) is 12.1 Å². The number of hydrogen-bond donors (Lipinski definition) is 0. The summed E-state index contributed by atoms with van der Waals surface area (Å²) in [7, 11) is 0. The van der Waals surface area contributed by atoms with Crippen molar-refractivity contribution in [1.82, 2.24) is 4.57 Å². The third-order valence-corrected chi connectivity index (χ3v) is 4.98. The van der Waals surface area contributed by atoms with Crippen LogP contribution < -0.4 is 5.43 Å². The number of aromatic nitrogens is 1. The minimum atomic E-state index is -1.24. The number of esters is 1. The van der Waals surface area contributed by atoms with Crippen LogP contribution in [-0.4, -0.2) is 29.4 Å². The van der Waals surface area contributed by atoms with Gasteiger partial charge in [0.05, 0.1) is 24.3 Å². The van der Waals surface area contributed by atoms with Crippen LogP contribution in [-0.2, 0) is 26.5 Å². The summed E-state index contributed by atoms with van der Waals surface area (Å²) in [5.41, 5.74) is 0.0585. The number of carbonyl (C=O) groups excluding carboxylic acids is 1. The summed E-state index contributed by atoms with van der Waals surface area (Å²) in [5.74, 6) is -2.58. The van der Waals surface area contributed by atoms with Crippen LogP contribution in [0.15, 0.2) is 23.1 Å². The van der Waals surface area contributed by atoms with Gasteiger partial charge in [0.2, 0.25) is 5.43 Å². The van der Waals surface area contributed by atoms with Gasteiger partial charge in [-0.2, -0.15) is 0 Å². The van der Waals surface area contributed by atoms with Crippen molar-refractivity contribution in [2.75, 3.05) is 6.61 Å². The Morgan fingerprint density at radius 2 is 1.89 bits per heavy atom. The number of aryl methyl sites for hydroxylation is 1. The molecule has 0 amide bonds. The van der Waals surface area contributed by atoms with E-state index in [9.17, 15) is 14.0 Å². The maximum atomic E-state index is 14.9. The first-order chi connectivity index (χ1) is 12.7. The predicted molar refractivity (Wildman–Crippen MR) is 98.2 cm³/mol. The number of halogens is 1. The lowest BCUT2D eigenvalue weighted by Crippen LogP contribution is -2.26.